The molecule has 2 nitrogen and oxygen atoms in total. The van der Waals surface area contributed by atoms with Gasteiger partial charge in [-0.05, 0) is 29.8 Å². The molecule has 2 aromatic rings. The standard InChI is InChI=1S/C11H7FN2/c12-10-1-2-11-9(6-10)5-8(3-4-13)7-14-11/h1-2,5-7H,3H2. The predicted molar refractivity (Wildman–Crippen MR) is 51.0 cm³/mol. The van der Waals surface area contributed by atoms with Gasteiger partial charge in [0.2, 0.25) is 0 Å². The third kappa shape index (κ3) is 1.55. The Hall–Kier alpha value is -1.95. The van der Waals surface area contributed by atoms with E-state index in [4.69, 9.17) is 5.26 Å². The molecule has 0 bridgehead atoms. The molecule has 3 heteroatoms. The number of halogens is 1. The highest BCUT2D eigenvalue weighted by molar-refractivity contribution is 5.78. The molecule has 0 saturated heterocycles. The van der Waals surface area contributed by atoms with E-state index in [1.807, 2.05) is 6.07 Å². The maximum Gasteiger partial charge on any atom is 0.123 e. The quantitative estimate of drug-likeness (QED) is 0.685. The molecule has 0 spiro atoms. The van der Waals surface area contributed by atoms with Gasteiger partial charge in [0.25, 0.3) is 0 Å². The third-order valence-electron chi connectivity index (χ3n) is 1.98. The van der Waals surface area contributed by atoms with E-state index in [-0.39, 0.29) is 5.82 Å². The molecule has 0 N–H and O–H groups in total. The van der Waals surface area contributed by atoms with Crippen LogP contribution in [0.4, 0.5) is 4.39 Å². The van der Waals surface area contributed by atoms with Crippen molar-refractivity contribution in [3.05, 3.63) is 41.8 Å². The third-order valence-corrected chi connectivity index (χ3v) is 1.98. The number of hydrogen-bond donors (Lipinski definition) is 0. The first-order valence-corrected chi connectivity index (χ1v) is 4.21. The van der Waals surface area contributed by atoms with Crippen molar-refractivity contribution in [3.63, 3.8) is 0 Å². The van der Waals surface area contributed by atoms with Gasteiger partial charge in [-0.15, -0.1) is 0 Å². The average Bonchev–Trinajstić information content (AvgIpc) is 2.17. The van der Waals surface area contributed by atoms with Crippen LogP contribution >= 0.6 is 0 Å². The van der Waals surface area contributed by atoms with Crippen molar-refractivity contribution in [1.29, 1.82) is 5.26 Å². The molecule has 68 valence electrons. The Morgan fingerprint density at radius 1 is 1.36 bits per heavy atom. The molecule has 0 aliphatic heterocycles. The summed E-state index contributed by atoms with van der Waals surface area (Å²) in [5.41, 5.74) is 1.55. The molecule has 1 aromatic carbocycles. The summed E-state index contributed by atoms with van der Waals surface area (Å²) in [5.74, 6) is -0.284. The molecule has 0 saturated carbocycles. The topological polar surface area (TPSA) is 36.7 Å². The van der Waals surface area contributed by atoms with E-state index in [1.54, 1.807) is 18.3 Å². The lowest BCUT2D eigenvalue weighted by Crippen LogP contribution is -1.86. The molecule has 1 heterocycles. The fourth-order valence-electron chi connectivity index (χ4n) is 1.34. The number of aromatic nitrogens is 1. The normalized spacial score (nSPS) is 10.0. The summed E-state index contributed by atoms with van der Waals surface area (Å²) >= 11 is 0. The Labute approximate surface area is 80.6 Å². The summed E-state index contributed by atoms with van der Waals surface area (Å²) in [6.45, 7) is 0. The SMILES string of the molecule is N#CCc1cnc2ccc(F)cc2c1. The van der Waals surface area contributed by atoms with Crippen LogP contribution in [0.15, 0.2) is 30.5 Å². The van der Waals surface area contributed by atoms with Gasteiger partial charge >= 0.3 is 0 Å². The molecular formula is C11H7FN2. The molecular weight excluding hydrogens is 179 g/mol. The Kier molecular flexibility index (Phi) is 2.11. The first-order valence-electron chi connectivity index (χ1n) is 4.21. The minimum absolute atomic E-state index is 0.284. The van der Waals surface area contributed by atoms with Gasteiger partial charge in [0.15, 0.2) is 0 Å². The number of nitrogens with zero attached hydrogens (tertiary/aromatic N) is 2. The zero-order valence-corrected chi connectivity index (χ0v) is 7.37. The van der Waals surface area contributed by atoms with E-state index >= 15 is 0 Å². The molecule has 0 fully saturated rings. The van der Waals surface area contributed by atoms with E-state index in [9.17, 15) is 4.39 Å². The van der Waals surface area contributed by atoms with Gasteiger partial charge < -0.3 is 0 Å². The zero-order chi connectivity index (χ0) is 9.97. The summed E-state index contributed by atoms with van der Waals surface area (Å²) < 4.78 is 12.9. The molecule has 14 heavy (non-hydrogen) atoms. The van der Waals surface area contributed by atoms with Crippen molar-refractivity contribution < 1.29 is 4.39 Å². The fourth-order valence-corrected chi connectivity index (χ4v) is 1.34. The van der Waals surface area contributed by atoms with E-state index < -0.39 is 0 Å². The highest BCUT2D eigenvalue weighted by Gasteiger charge is 1.98. The molecule has 0 aliphatic rings. The second-order valence-corrected chi connectivity index (χ2v) is 3.02. The van der Waals surface area contributed by atoms with Crippen molar-refractivity contribution in [2.75, 3.05) is 0 Å². The fraction of sp³-hybridized carbons (Fsp3) is 0.0909. The van der Waals surface area contributed by atoms with Crippen LogP contribution in [0.5, 0.6) is 0 Å². The summed E-state index contributed by atoms with van der Waals surface area (Å²) in [7, 11) is 0. The van der Waals surface area contributed by atoms with Crippen LogP contribution in [0.3, 0.4) is 0 Å². The van der Waals surface area contributed by atoms with E-state index in [0.29, 0.717) is 6.42 Å². The van der Waals surface area contributed by atoms with Crippen molar-refractivity contribution in [1.82, 2.24) is 4.98 Å². The number of pyridine rings is 1. The van der Waals surface area contributed by atoms with Crippen molar-refractivity contribution >= 4 is 10.9 Å². The van der Waals surface area contributed by atoms with Crippen LogP contribution < -0.4 is 0 Å². The van der Waals surface area contributed by atoms with E-state index in [0.717, 1.165) is 16.5 Å². The number of hydrogen-bond acceptors (Lipinski definition) is 2. The first-order chi connectivity index (χ1) is 6.79. The monoisotopic (exact) mass is 186 g/mol. The summed E-state index contributed by atoms with van der Waals surface area (Å²) in [6.07, 6.45) is 1.95. The highest BCUT2D eigenvalue weighted by Crippen LogP contribution is 2.14. The van der Waals surface area contributed by atoms with Crippen molar-refractivity contribution in [2.24, 2.45) is 0 Å². The smallest absolute Gasteiger partial charge is 0.123 e. The van der Waals surface area contributed by atoms with Crippen LogP contribution in [0.1, 0.15) is 5.56 Å². The van der Waals surface area contributed by atoms with Crippen molar-refractivity contribution in [2.45, 2.75) is 6.42 Å². The van der Waals surface area contributed by atoms with E-state index in [2.05, 4.69) is 4.98 Å². The first kappa shape index (κ1) is 8.64. The van der Waals surface area contributed by atoms with Crippen LogP contribution in [-0.2, 0) is 6.42 Å². The maximum atomic E-state index is 12.9. The Morgan fingerprint density at radius 3 is 3.00 bits per heavy atom. The summed E-state index contributed by atoms with van der Waals surface area (Å²) in [6, 6.07) is 8.24. The second-order valence-electron chi connectivity index (χ2n) is 3.02. The van der Waals surface area contributed by atoms with Crippen LogP contribution in [0, 0.1) is 17.1 Å². The van der Waals surface area contributed by atoms with Gasteiger partial charge in [-0.25, -0.2) is 4.39 Å². The Morgan fingerprint density at radius 2 is 2.21 bits per heavy atom. The molecule has 0 radical (unpaired) electrons. The minimum atomic E-state index is -0.284. The summed E-state index contributed by atoms with van der Waals surface area (Å²) in [5, 5.41) is 9.23. The van der Waals surface area contributed by atoms with Gasteiger partial charge in [-0.2, -0.15) is 5.26 Å². The number of fused-ring (bicyclic) bond motifs is 1. The molecule has 0 amide bonds. The van der Waals surface area contributed by atoms with Crippen LogP contribution in [-0.4, -0.2) is 4.98 Å². The van der Waals surface area contributed by atoms with Gasteiger partial charge in [0, 0.05) is 11.6 Å². The van der Waals surface area contributed by atoms with Crippen LogP contribution in [0.2, 0.25) is 0 Å². The van der Waals surface area contributed by atoms with Gasteiger partial charge in [0.1, 0.15) is 5.82 Å². The van der Waals surface area contributed by atoms with Gasteiger partial charge in [-0.1, -0.05) is 0 Å². The number of benzene rings is 1. The molecule has 0 atom stereocenters. The maximum absolute atomic E-state index is 12.9. The molecule has 2 rings (SSSR count). The summed E-state index contributed by atoms with van der Waals surface area (Å²) in [4.78, 5) is 4.12. The van der Waals surface area contributed by atoms with Gasteiger partial charge in [0.05, 0.1) is 18.0 Å². The van der Waals surface area contributed by atoms with Crippen molar-refractivity contribution in [3.8, 4) is 6.07 Å². The number of nitriles is 1. The highest BCUT2D eigenvalue weighted by atomic mass is 19.1. The molecule has 0 aliphatic carbocycles. The number of rotatable bonds is 1. The second kappa shape index (κ2) is 3.43. The van der Waals surface area contributed by atoms with Gasteiger partial charge in [-0.3, -0.25) is 4.98 Å². The zero-order valence-electron chi connectivity index (χ0n) is 7.37. The lowest BCUT2D eigenvalue weighted by Gasteiger charge is -1.99. The Balaban J connectivity index is 2.59. The lowest BCUT2D eigenvalue weighted by molar-refractivity contribution is 0.629. The predicted octanol–water partition coefficient (Wildman–Crippen LogP) is 2.44. The molecule has 1 aromatic heterocycles. The lowest BCUT2D eigenvalue weighted by atomic mass is 10.1. The Bertz CT molecular complexity index is 514. The average molecular weight is 186 g/mol. The molecule has 0 unspecified atom stereocenters. The van der Waals surface area contributed by atoms with Crippen LogP contribution in [0.25, 0.3) is 10.9 Å². The minimum Gasteiger partial charge on any atom is -0.256 e. The largest absolute Gasteiger partial charge is 0.256 e. The van der Waals surface area contributed by atoms with E-state index in [1.165, 1.54) is 12.1 Å².